The second-order valence-corrected chi connectivity index (χ2v) is 6.15. The van der Waals surface area contributed by atoms with Gasteiger partial charge in [0, 0.05) is 19.0 Å². The van der Waals surface area contributed by atoms with E-state index < -0.39 is 5.97 Å². The number of benzene rings is 1. The second-order valence-electron chi connectivity index (χ2n) is 6.15. The monoisotopic (exact) mass is 273 g/mol. The SMILES string of the molecule is CN(CC(C)(C)C)c1ncnc2cc(C(=O)O)ccc12. The normalized spacial score (nSPS) is 11.6. The molecule has 1 aromatic carbocycles. The lowest BCUT2D eigenvalue weighted by atomic mass is 9.96. The number of carboxylic acids is 1. The first-order valence-electron chi connectivity index (χ1n) is 6.47. The van der Waals surface area contributed by atoms with Crippen molar-refractivity contribution in [1.82, 2.24) is 9.97 Å². The quantitative estimate of drug-likeness (QED) is 0.931. The molecule has 0 radical (unpaired) electrons. The Morgan fingerprint density at radius 1 is 1.30 bits per heavy atom. The number of rotatable bonds is 3. The van der Waals surface area contributed by atoms with Gasteiger partial charge in [-0.15, -0.1) is 0 Å². The molecule has 5 nitrogen and oxygen atoms in total. The van der Waals surface area contributed by atoms with Crippen LogP contribution in [0.5, 0.6) is 0 Å². The molecule has 20 heavy (non-hydrogen) atoms. The van der Waals surface area contributed by atoms with Crippen molar-refractivity contribution in [3.05, 3.63) is 30.1 Å². The molecule has 0 unspecified atom stereocenters. The minimum atomic E-state index is -0.949. The van der Waals surface area contributed by atoms with E-state index in [4.69, 9.17) is 5.11 Å². The van der Waals surface area contributed by atoms with Crippen LogP contribution in [0, 0.1) is 5.41 Å². The van der Waals surface area contributed by atoms with Crippen LogP contribution in [0.1, 0.15) is 31.1 Å². The summed E-state index contributed by atoms with van der Waals surface area (Å²) in [6.07, 6.45) is 1.47. The summed E-state index contributed by atoms with van der Waals surface area (Å²) in [5, 5.41) is 9.89. The number of hydrogen-bond donors (Lipinski definition) is 1. The van der Waals surface area contributed by atoms with Crippen LogP contribution in [0.2, 0.25) is 0 Å². The molecule has 2 rings (SSSR count). The largest absolute Gasteiger partial charge is 0.478 e. The minimum Gasteiger partial charge on any atom is -0.478 e. The molecular formula is C15H19N3O2. The topological polar surface area (TPSA) is 66.3 Å². The van der Waals surface area contributed by atoms with E-state index in [1.54, 1.807) is 18.2 Å². The number of aromatic carboxylic acids is 1. The van der Waals surface area contributed by atoms with Crippen molar-refractivity contribution >= 4 is 22.7 Å². The number of nitrogens with zero attached hydrogens (tertiary/aromatic N) is 3. The van der Waals surface area contributed by atoms with E-state index in [2.05, 4.69) is 35.6 Å². The lowest BCUT2D eigenvalue weighted by Gasteiger charge is -2.28. The summed E-state index contributed by atoms with van der Waals surface area (Å²) in [6, 6.07) is 4.93. The summed E-state index contributed by atoms with van der Waals surface area (Å²) < 4.78 is 0. The highest BCUT2D eigenvalue weighted by Gasteiger charge is 2.17. The Hall–Kier alpha value is -2.17. The van der Waals surface area contributed by atoms with Crippen LogP contribution < -0.4 is 4.90 Å². The number of aromatic nitrogens is 2. The van der Waals surface area contributed by atoms with Gasteiger partial charge in [0.1, 0.15) is 12.1 Å². The number of anilines is 1. The molecule has 2 aromatic rings. The predicted molar refractivity (Wildman–Crippen MR) is 79.2 cm³/mol. The van der Waals surface area contributed by atoms with Gasteiger partial charge >= 0.3 is 5.97 Å². The van der Waals surface area contributed by atoms with Crippen molar-refractivity contribution in [3.63, 3.8) is 0 Å². The van der Waals surface area contributed by atoms with E-state index in [-0.39, 0.29) is 11.0 Å². The van der Waals surface area contributed by atoms with E-state index >= 15 is 0 Å². The van der Waals surface area contributed by atoms with Gasteiger partial charge in [-0.05, 0) is 23.6 Å². The molecule has 5 heteroatoms. The molecule has 0 aliphatic carbocycles. The van der Waals surface area contributed by atoms with Crippen molar-refractivity contribution in [2.45, 2.75) is 20.8 Å². The fraction of sp³-hybridized carbons (Fsp3) is 0.400. The molecule has 0 spiro atoms. The molecule has 0 saturated carbocycles. The maximum Gasteiger partial charge on any atom is 0.335 e. The number of fused-ring (bicyclic) bond motifs is 1. The molecule has 0 amide bonds. The first-order valence-corrected chi connectivity index (χ1v) is 6.47. The van der Waals surface area contributed by atoms with Crippen molar-refractivity contribution in [2.24, 2.45) is 5.41 Å². The van der Waals surface area contributed by atoms with Gasteiger partial charge in [0.25, 0.3) is 0 Å². The van der Waals surface area contributed by atoms with Crippen molar-refractivity contribution in [1.29, 1.82) is 0 Å². The zero-order valence-corrected chi connectivity index (χ0v) is 12.2. The molecule has 1 N–H and O–H groups in total. The molecule has 0 aliphatic rings. The molecule has 0 fully saturated rings. The minimum absolute atomic E-state index is 0.146. The maximum atomic E-state index is 11.0. The third kappa shape index (κ3) is 3.04. The van der Waals surface area contributed by atoms with Gasteiger partial charge in [0.2, 0.25) is 0 Å². The van der Waals surface area contributed by atoms with Gasteiger partial charge in [-0.2, -0.15) is 0 Å². The Kier molecular flexibility index (Phi) is 3.61. The van der Waals surface area contributed by atoms with Crippen LogP contribution in [-0.4, -0.2) is 34.6 Å². The van der Waals surface area contributed by atoms with Crippen LogP contribution in [0.25, 0.3) is 10.9 Å². The van der Waals surface area contributed by atoms with Crippen LogP contribution in [-0.2, 0) is 0 Å². The highest BCUT2D eigenvalue weighted by atomic mass is 16.4. The molecule has 1 aromatic heterocycles. The maximum absolute atomic E-state index is 11.0. The van der Waals surface area contributed by atoms with Crippen LogP contribution >= 0.6 is 0 Å². The third-order valence-electron chi connectivity index (χ3n) is 2.94. The second kappa shape index (κ2) is 5.07. The molecule has 0 bridgehead atoms. The average Bonchev–Trinajstić information content (AvgIpc) is 2.35. The fourth-order valence-corrected chi connectivity index (χ4v) is 2.27. The van der Waals surface area contributed by atoms with E-state index in [1.165, 1.54) is 6.33 Å². The van der Waals surface area contributed by atoms with Gasteiger partial charge in [-0.25, -0.2) is 14.8 Å². The summed E-state index contributed by atoms with van der Waals surface area (Å²) >= 11 is 0. The lowest BCUT2D eigenvalue weighted by Crippen LogP contribution is -2.29. The average molecular weight is 273 g/mol. The Morgan fingerprint density at radius 3 is 2.60 bits per heavy atom. The van der Waals surface area contributed by atoms with E-state index in [9.17, 15) is 4.79 Å². The van der Waals surface area contributed by atoms with Crippen LogP contribution in [0.15, 0.2) is 24.5 Å². The summed E-state index contributed by atoms with van der Waals surface area (Å²) in [6.45, 7) is 7.33. The third-order valence-corrected chi connectivity index (χ3v) is 2.94. The molecular weight excluding hydrogens is 254 g/mol. The highest BCUT2D eigenvalue weighted by Crippen LogP contribution is 2.25. The van der Waals surface area contributed by atoms with E-state index in [0.717, 1.165) is 17.7 Å². The number of carboxylic acid groups (broad SMARTS) is 1. The Balaban J connectivity index is 2.47. The molecule has 0 atom stereocenters. The molecule has 106 valence electrons. The van der Waals surface area contributed by atoms with Crippen molar-refractivity contribution in [2.75, 3.05) is 18.5 Å². The fourth-order valence-electron chi connectivity index (χ4n) is 2.27. The zero-order chi connectivity index (χ0) is 14.9. The molecule has 1 heterocycles. The van der Waals surface area contributed by atoms with Gasteiger partial charge in [-0.1, -0.05) is 20.8 Å². The zero-order valence-electron chi connectivity index (χ0n) is 12.2. The Labute approximate surface area is 118 Å². The van der Waals surface area contributed by atoms with Gasteiger partial charge in [0.05, 0.1) is 11.1 Å². The Morgan fingerprint density at radius 2 is 2.00 bits per heavy atom. The van der Waals surface area contributed by atoms with Crippen LogP contribution in [0.4, 0.5) is 5.82 Å². The Bertz CT molecular complexity index is 647. The van der Waals surface area contributed by atoms with Gasteiger partial charge in [-0.3, -0.25) is 0 Å². The number of hydrogen-bond acceptors (Lipinski definition) is 4. The molecule has 0 saturated heterocycles. The standard InChI is InChI=1S/C15H19N3O2/c1-15(2,3)8-18(4)13-11-6-5-10(14(19)20)7-12(11)16-9-17-13/h5-7,9H,8H2,1-4H3,(H,19,20). The van der Waals surface area contributed by atoms with Crippen molar-refractivity contribution in [3.8, 4) is 0 Å². The smallest absolute Gasteiger partial charge is 0.335 e. The first kappa shape index (κ1) is 14.2. The highest BCUT2D eigenvalue weighted by molar-refractivity contribution is 5.96. The van der Waals surface area contributed by atoms with E-state index in [0.29, 0.717) is 5.52 Å². The van der Waals surface area contributed by atoms with Gasteiger partial charge in [0.15, 0.2) is 0 Å². The molecule has 0 aliphatic heterocycles. The first-order chi connectivity index (χ1) is 9.28. The van der Waals surface area contributed by atoms with E-state index in [1.807, 2.05) is 7.05 Å². The van der Waals surface area contributed by atoms with Crippen LogP contribution in [0.3, 0.4) is 0 Å². The van der Waals surface area contributed by atoms with Gasteiger partial charge < -0.3 is 10.0 Å². The predicted octanol–water partition coefficient (Wildman–Crippen LogP) is 2.81. The van der Waals surface area contributed by atoms with Crippen molar-refractivity contribution < 1.29 is 9.90 Å². The summed E-state index contributed by atoms with van der Waals surface area (Å²) in [4.78, 5) is 21.6. The summed E-state index contributed by atoms with van der Waals surface area (Å²) in [7, 11) is 1.98. The lowest BCUT2D eigenvalue weighted by molar-refractivity contribution is 0.0697. The summed E-state index contributed by atoms with van der Waals surface area (Å²) in [5.41, 5.74) is 1.03. The summed E-state index contributed by atoms with van der Waals surface area (Å²) in [5.74, 6) is -0.128. The number of carbonyl (C=O) groups is 1.